The van der Waals surface area contributed by atoms with E-state index in [4.69, 9.17) is 5.11 Å². The second kappa shape index (κ2) is 10.6. The number of carbonyl (C=O) groups excluding carboxylic acids is 1. The van der Waals surface area contributed by atoms with Crippen molar-refractivity contribution < 1.29 is 19.1 Å². The molecule has 8 heteroatoms. The Kier molecular flexibility index (Phi) is 9.15. The molecule has 2 N–H and O–H groups in total. The SMILES string of the molecule is CCN(CC(=O)O)C1CCN(C(C)C(=O)Nc2ccc(C)c(F)c2)CC1.Cl. The predicted octanol–water partition coefficient (Wildman–Crippen LogP) is 2.75. The number of benzene rings is 1. The Morgan fingerprint density at radius 1 is 1.37 bits per heavy atom. The van der Waals surface area contributed by atoms with E-state index >= 15 is 0 Å². The third-order valence-electron chi connectivity index (χ3n) is 5.13. The van der Waals surface area contributed by atoms with Crippen LogP contribution < -0.4 is 5.32 Å². The van der Waals surface area contributed by atoms with Crippen LogP contribution in [-0.4, -0.2) is 65.0 Å². The molecular formula is C19H29ClFN3O3. The van der Waals surface area contributed by atoms with Crippen molar-refractivity contribution in [3.63, 3.8) is 0 Å². The number of aliphatic carboxylic acids is 1. The second-order valence-corrected chi connectivity index (χ2v) is 6.85. The second-order valence-electron chi connectivity index (χ2n) is 6.85. The van der Waals surface area contributed by atoms with Crippen molar-refractivity contribution in [2.45, 2.75) is 45.7 Å². The number of likely N-dealkylation sites (tertiary alicyclic amines) is 1. The summed E-state index contributed by atoms with van der Waals surface area (Å²) >= 11 is 0. The molecule has 0 spiro atoms. The van der Waals surface area contributed by atoms with E-state index in [1.54, 1.807) is 19.1 Å². The first kappa shape index (κ1) is 23.3. The van der Waals surface area contributed by atoms with Crippen LogP contribution in [0.2, 0.25) is 0 Å². The van der Waals surface area contributed by atoms with Crippen molar-refractivity contribution in [2.24, 2.45) is 0 Å². The van der Waals surface area contributed by atoms with Crippen LogP contribution in [0.25, 0.3) is 0 Å². The standard InChI is InChI=1S/C19H28FN3O3.ClH/c1-4-22(12-18(24)25)16-7-9-23(10-8-16)14(3)19(26)21-15-6-5-13(2)17(20)11-15;/h5-6,11,14,16H,4,7-10,12H2,1-3H3,(H,21,26)(H,24,25);1H. The van der Waals surface area contributed by atoms with Crippen molar-refractivity contribution in [1.82, 2.24) is 9.80 Å². The molecule has 1 unspecified atom stereocenters. The first-order valence-electron chi connectivity index (χ1n) is 9.08. The van der Waals surface area contributed by atoms with Crippen molar-refractivity contribution >= 4 is 30.0 Å². The highest BCUT2D eigenvalue weighted by atomic mass is 35.5. The van der Waals surface area contributed by atoms with Crippen molar-refractivity contribution in [2.75, 3.05) is 31.5 Å². The van der Waals surface area contributed by atoms with Gasteiger partial charge in [0.05, 0.1) is 12.6 Å². The Morgan fingerprint density at radius 2 is 2.00 bits per heavy atom. The summed E-state index contributed by atoms with van der Waals surface area (Å²) < 4.78 is 13.6. The maximum atomic E-state index is 13.6. The molecular weight excluding hydrogens is 373 g/mol. The van der Waals surface area contributed by atoms with Gasteiger partial charge in [0, 0.05) is 24.8 Å². The van der Waals surface area contributed by atoms with E-state index in [0.29, 0.717) is 17.8 Å². The number of halogens is 2. The summed E-state index contributed by atoms with van der Waals surface area (Å²) in [7, 11) is 0. The topological polar surface area (TPSA) is 72.9 Å². The molecule has 0 aromatic heterocycles. The maximum Gasteiger partial charge on any atom is 0.317 e. The van der Waals surface area contributed by atoms with Gasteiger partial charge in [-0.05, 0) is 50.9 Å². The fourth-order valence-electron chi connectivity index (χ4n) is 3.39. The van der Waals surface area contributed by atoms with Gasteiger partial charge < -0.3 is 10.4 Å². The minimum absolute atomic E-state index is 0. The molecule has 1 aliphatic heterocycles. The normalized spacial score (nSPS) is 16.6. The summed E-state index contributed by atoms with van der Waals surface area (Å²) in [6.07, 6.45) is 1.66. The van der Waals surface area contributed by atoms with E-state index < -0.39 is 5.97 Å². The van der Waals surface area contributed by atoms with Gasteiger partial charge in [-0.3, -0.25) is 19.4 Å². The zero-order chi connectivity index (χ0) is 19.3. The van der Waals surface area contributed by atoms with Gasteiger partial charge in [-0.2, -0.15) is 0 Å². The molecule has 0 aliphatic carbocycles. The lowest BCUT2D eigenvalue weighted by Crippen LogP contribution is -2.51. The van der Waals surface area contributed by atoms with Crippen molar-refractivity contribution in [3.05, 3.63) is 29.6 Å². The number of nitrogens with zero attached hydrogens (tertiary/aromatic N) is 2. The first-order chi connectivity index (χ1) is 12.3. The number of carbonyl (C=O) groups is 2. The minimum atomic E-state index is -0.813. The van der Waals surface area contributed by atoms with Crippen molar-refractivity contribution in [3.8, 4) is 0 Å². The number of nitrogens with one attached hydrogen (secondary N) is 1. The van der Waals surface area contributed by atoms with Crippen LogP contribution in [0.4, 0.5) is 10.1 Å². The molecule has 1 heterocycles. The lowest BCUT2D eigenvalue weighted by atomic mass is 10.0. The Morgan fingerprint density at radius 3 is 2.52 bits per heavy atom. The van der Waals surface area contributed by atoms with Gasteiger partial charge in [0.2, 0.25) is 5.91 Å². The summed E-state index contributed by atoms with van der Waals surface area (Å²) in [6, 6.07) is 4.57. The average molecular weight is 402 g/mol. The number of hydrogen-bond acceptors (Lipinski definition) is 4. The first-order valence-corrected chi connectivity index (χ1v) is 9.08. The highest BCUT2D eigenvalue weighted by Crippen LogP contribution is 2.20. The van der Waals surface area contributed by atoms with E-state index in [9.17, 15) is 14.0 Å². The molecule has 0 radical (unpaired) electrons. The van der Waals surface area contributed by atoms with Crippen LogP contribution in [-0.2, 0) is 9.59 Å². The van der Waals surface area contributed by atoms with Crippen LogP contribution in [0.1, 0.15) is 32.3 Å². The number of carboxylic acid groups (broad SMARTS) is 1. The largest absolute Gasteiger partial charge is 0.480 e. The summed E-state index contributed by atoms with van der Waals surface area (Å²) in [6.45, 7) is 7.70. The zero-order valence-corrected chi connectivity index (χ0v) is 16.9. The molecule has 1 saturated heterocycles. The molecule has 6 nitrogen and oxygen atoms in total. The third-order valence-corrected chi connectivity index (χ3v) is 5.13. The van der Waals surface area contributed by atoms with Crippen molar-refractivity contribution in [1.29, 1.82) is 0 Å². The third kappa shape index (κ3) is 6.45. The molecule has 27 heavy (non-hydrogen) atoms. The van der Waals surface area contributed by atoms with Gasteiger partial charge >= 0.3 is 5.97 Å². The lowest BCUT2D eigenvalue weighted by molar-refractivity contribution is -0.139. The van der Waals surface area contributed by atoms with E-state index in [-0.39, 0.29) is 42.8 Å². The van der Waals surface area contributed by atoms with Gasteiger partial charge in [0.15, 0.2) is 0 Å². The number of rotatable bonds is 7. The van der Waals surface area contributed by atoms with Gasteiger partial charge in [-0.25, -0.2) is 4.39 Å². The fraction of sp³-hybridized carbons (Fsp3) is 0.579. The number of anilines is 1. The Labute approximate surface area is 166 Å². The number of piperidine rings is 1. The smallest absolute Gasteiger partial charge is 0.317 e. The van der Waals surface area contributed by atoms with Crippen LogP contribution in [0.5, 0.6) is 0 Å². The molecule has 2 rings (SSSR count). The number of amides is 1. The highest BCUT2D eigenvalue weighted by molar-refractivity contribution is 5.94. The molecule has 1 aromatic carbocycles. The summed E-state index contributed by atoms with van der Waals surface area (Å²) in [5, 5.41) is 11.8. The zero-order valence-electron chi connectivity index (χ0n) is 16.1. The average Bonchev–Trinajstić information content (AvgIpc) is 2.62. The van der Waals surface area contributed by atoms with Gasteiger partial charge in [0.25, 0.3) is 0 Å². The Balaban J connectivity index is 0.00000364. The number of carboxylic acids is 1. The molecule has 1 aromatic rings. The summed E-state index contributed by atoms with van der Waals surface area (Å²) in [4.78, 5) is 27.5. The highest BCUT2D eigenvalue weighted by Gasteiger charge is 2.29. The van der Waals surface area contributed by atoms with Crippen LogP contribution in [0.15, 0.2) is 18.2 Å². The van der Waals surface area contributed by atoms with Crippen LogP contribution >= 0.6 is 12.4 Å². The number of hydrogen-bond donors (Lipinski definition) is 2. The van der Waals surface area contributed by atoms with E-state index in [2.05, 4.69) is 10.2 Å². The number of aryl methyl sites for hydroxylation is 1. The summed E-state index contributed by atoms with van der Waals surface area (Å²) in [5.41, 5.74) is 0.999. The fourth-order valence-corrected chi connectivity index (χ4v) is 3.39. The van der Waals surface area contributed by atoms with Crippen LogP contribution in [0, 0.1) is 12.7 Å². The Hall–Kier alpha value is -1.70. The molecule has 1 fully saturated rings. The molecule has 1 amide bonds. The molecule has 152 valence electrons. The van der Waals surface area contributed by atoms with Gasteiger partial charge in [-0.15, -0.1) is 12.4 Å². The molecule has 1 aliphatic rings. The van der Waals surface area contributed by atoms with Crippen LogP contribution in [0.3, 0.4) is 0 Å². The van der Waals surface area contributed by atoms with E-state index in [1.807, 2.05) is 18.7 Å². The lowest BCUT2D eigenvalue weighted by Gasteiger charge is -2.39. The molecule has 0 saturated carbocycles. The van der Waals surface area contributed by atoms with E-state index in [1.165, 1.54) is 6.07 Å². The van der Waals surface area contributed by atoms with E-state index in [0.717, 1.165) is 25.9 Å². The molecule has 1 atom stereocenters. The molecule has 0 bridgehead atoms. The van der Waals surface area contributed by atoms with Gasteiger partial charge in [0.1, 0.15) is 5.82 Å². The maximum absolute atomic E-state index is 13.6. The predicted molar refractivity (Wildman–Crippen MR) is 106 cm³/mol. The minimum Gasteiger partial charge on any atom is -0.480 e. The Bertz CT molecular complexity index is 651. The quantitative estimate of drug-likeness (QED) is 0.735. The monoisotopic (exact) mass is 401 g/mol. The van der Waals surface area contributed by atoms with Gasteiger partial charge in [-0.1, -0.05) is 13.0 Å². The summed E-state index contributed by atoms with van der Waals surface area (Å²) in [5.74, 6) is -1.31. The number of likely N-dealkylation sites (N-methyl/N-ethyl adjacent to an activating group) is 1.